The predicted octanol–water partition coefficient (Wildman–Crippen LogP) is 2.44. The predicted molar refractivity (Wildman–Crippen MR) is 77.3 cm³/mol. The van der Waals surface area contributed by atoms with Crippen LogP contribution < -0.4 is 5.32 Å². The van der Waals surface area contributed by atoms with E-state index >= 15 is 0 Å². The molecule has 3 nitrogen and oxygen atoms in total. The molecule has 0 aliphatic heterocycles. The number of hydrogen-bond acceptors (Lipinski definition) is 4. The van der Waals surface area contributed by atoms with E-state index in [9.17, 15) is 0 Å². The van der Waals surface area contributed by atoms with Gasteiger partial charge in [-0.25, -0.2) is 0 Å². The van der Waals surface area contributed by atoms with Gasteiger partial charge >= 0.3 is 0 Å². The molecule has 3 atom stereocenters. The molecule has 4 heteroatoms. The van der Waals surface area contributed by atoms with E-state index in [1.807, 2.05) is 11.8 Å². The summed E-state index contributed by atoms with van der Waals surface area (Å²) in [5, 5.41) is 3.72. The Morgan fingerprint density at radius 3 is 2.61 bits per heavy atom. The van der Waals surface area contributed by atoms with Crippen molar-refractivity contribution in [1.82, 2.24) is 5.32 Å². The van der Waals surface area contributed by atoms with Crippen LogP contribution in [0.25, 0.3) is 0 Å². The summed E-state index contributed by atoms with van der Waals surface area (Å²) in [6.07, 6.45) is 9.39. The van der Waals surface area contributed by atoms with E-state index in [2.05, 4.69) is 18.5 Å². The normalized spacial score (nSPS) is 34.5. The van der Waals surface area contributed by atoms with Crippen LogP contribution in [0.5, 0.6) is 0 Å². The van der Waals surface area contributed by atoms with Gasteiger partial charge in [-0.1, -0.05) is 12.8 Å². The van der Waals surface area contributed by atoms with Crippen LogP contribution in [0.15, 0.2) is 0 Å². The molecule has 0 spiro atoms. The molecule has 2 aliphatic carbocycles. The summed E-state index contributed by atoms with van der Waals surface area (Å²) in [6, 6.07) is 0.483. The number of methoxy groups -OCH3 is 1. The number of thioether (sulfide) groups is 1. The molecule has 0 saturated heterocycles. The van der Waals surface area contributed by atoms with Crippen LogP contribution in [0.4, 0.5) is 0 Å². The molecule has 106 valence electrons. The van der Waals surface area contributed by atoms with Crippen LogP contribution in [-0.2, 0) is 9.47 Å². The molecule has 0 aromatic heterocycles. The molecular formula is C14H27NO2S. The van der Waals surface area contributed by atoms with Gasteiger partial charge in [-0.05, 0) is 32.4 Å². The minimum Gasteiger partial charge on any atom is -0.377 e. The van der Waals surface area contributed by atoms with Crippen molar-refractivity contribution < 1.29 is 9.47 Å². The lowest BCUT2D eigenvalue weighted by Gasteiger charge is -2.45. The molecule has 0 bridgehead atoms. The summed E-state index contributed by atoms with van der Waals surface area (Å²) in [5.41, 5.74) is 0. The fraction of sp³-hybridized carbons (Fsp3) is 1.00. The Balaban J connectivity index is 1.77. The van der Waals surface area contributed by atoms with Crippen molar-refractivity contribution in [3.8, 4) is 0 Å². The van der Waals surface area contributed by atoms with Crippen LogP contribution in [0.2, 0.25) is 0 Å². The van der Waals surface area contributed by atoms with Gasteiger partial charge in [0.05, 0.1) is 12.2 Å². The maximum atomic E-state index is 5.66. The molecule has 2 saturated carbocycles. The fourth-order valence-electron chi connectivity index (χ4n) is 3.26. The lowest BCUT2D eigenvalue weighted by molar-refractivity contribution is -0.131. The van der Waals surface area contributed by atoms with Gasteiger partial charge in [0.15, 0.2) is 0 Å². The van der Waals surface area contributed by atoms with E-state index in [0.29, 0.717) is 16.9 Å². The standard InChI is InChI=1S/C14H27NO2S/c1-4-17-12-9-11(13(12)16-2)15-10-14(18-3)7-5-6-8-14/h11-13,15H,4-10H2,1-3H3. The molecule has 3 unspecified atom stereocenters. The molecule has 2 rings (SSSR count). The first-order valence-corrected chi connectivity index (χ1v) is 8.40. The number of rotatable bonds is 7. The molecule has 1 N–H and O–H groups in total. The number of ether oxygens (including phenoxy) is 2. The molecule has 2 aliphatic rings. The first-order chi connectivity index (χ1) is 8.74. The Labute approximate surface area is 115 Å². The van der Waals surface area contributed by atoms with Gasteiger partial charge in [0, 0.05) is 31.1 Å². The van der Waals surface area contributed by atoms with Crippen molar-refractivity contribution in [2.75, 3.05) is 26.5 Å². The van der Waals surface area contributed by atoms with Gasteiger partial charge in [-0.15, -0.1) is 0 Å². The largest absolute Gasteiger partial charge is 0.377 e. The van der Waals surface area contributed by atoms with Crippen molar-refractivity contribution >= 4 is 11.8 Å². The molecule has 0 heterocycles. The van der Waals surface area contributed by atoms with Crippen LogP contribution in [0, 0.1) is 0 Å². The second-order valence-corrected chi connectivity index (χ2v) is 6.79. The summed E-state index contributed by atoms with van der Waals surface area (Å²) in [4.78, 5) is 0. The summed E-state index contributed by atoms with van der Waals surface area (Å²) in [6.45, 7) is 3.96. The molecule has 2 fully saturated rings. The highest BCUT2D eigenvalue weighted by molar-refractivity contribution is 8.00. The Bertz CT molecular complexity index is 256. The van der Waals surface area contributed by atoms with Gasteiger partial charge in [0.1, 0.15) is 0 Å². The van der Waals surface area contributed by atoms with E-state index in [1.165, 1.54) is 25.7 Å². The summed E-state index contributed by atoms with van der Waals surface area (Å²) in [7, 11) is 1.80. The Kier molecular flexibility index (Phi) is 5.36. The summed E-state index contributed by atoms with van der Waals surface area (Å²) >= 11 is 2.04. The van der Waals surface area contributed by atoms with E-state index < -0.39 is 0 Å². The van der Waals surface area contributed by atoms with Gasteiger partial charge in [-0.2, -0.15) is 11.8 Å². The van der Waals surface area contributed by atoms with E-state index in [1.54, 1.807) is 7.11 Å². The van der Waals surface area contributed by atoms with Gasteiger partial charge < -0.3 is 14.8 Å². The third-order valence-electron chi connectivity index (χ3n) is 4.54. The third-order valence-corrected chi connectivity index (χ3v) is 5.95. The first kappa shape index (κ1) is 14.6. The highest BCUT2D eigenvalue weighted by Gasteiger charge is 2.43. The Morgan fingerprint density at radius 2 is 2.06 bits per heavy atom. The zero-order valence-electron chi connectivity index (χ0n) is 11.9. The lowest BCUT2D eigenvalue weighted by atomic mass is 9.84. The maximum absolute atomic E-state index is 5.66. The molecule has 0 radical (unpaired) electrons. The molecular weight excluding hydrogens is 246 g/mol. The van der Waals surface area contributed by atoms with Crippen LogP contribution >= 0.6 is 11.8 Å². The van der Waals surface area contributed by atoms with Crippen molar-refractivity contribution in [3.63, 3.8) is 0 Å². The highest BCUT2D eigenvalue weighted by atomic mass is 32.2. The minimum absolute atomic E-state index is 0.241. The molecule has 18 heavy (non-hydrogen) atoms. The Hall–Kier alpha value is 0.230. The van der Waals surface area contributed by atoms with Crippen molar-refractivity contribution in [2.45, 2.75) is 62.0 Å². The average Bonchev–Trinajstić information content (AvgIpc) is 2.82. The van der Waals surface area contributed by atoms with E-state index in [4.69, 9.17) is 9.47 Å². The zero-order chi connectivity index (χ0) is 13.0. The summed E-state index contributed by atoms with van der Waals surface area (Å²) < 4.78 is 11.7. The van der Waals surface area contributed by atoms with E-state index in [-0.39, 0.29) is 6.10 Å². The number of hydrogen-bond donors (Lipinski definition) is 1. The number of nitrogens with one attached hydrogen (secondary N) is 1. The van der Waals surface area contributed by atoms with Crippen LogP contribution in [0.1, 0.15) is 39.0 Å². The molecule has 0 aromatic rings. The second-order valence-electron chi connectivity index (χ2n) is 5.51. The zero-order valence-corrected chi connectivity index (χ0v) is 12.7. The molecule has 0 amide bonds. The SMILES string of the molecule is CCOC1CC(NCC2(SC)CCCC2)C1OC. The van der Waals surface area contributed by atoms with Crippen molar-refractivity contribution in [1.29, 1.82) is 0 Å². The van der Waals surface area contributed by atoms with Crippen molar-refractivity contribution in [2.24, 2.45) is 0 Å². The van der Waals surface area contributed by atoms with Crippen LogP contribution in [-0.4, -0.2) is 49.5 Å². The third kappa shape index (κ3) is 3.03. The highest BCUT2D eigenvalue weighted by Crippen LogP contribution is 2.40. The Morgan fingerprint density at radius 1 is 1.33 bits per heavy atom. The second kappa shape index (κ2) is 6.60. The minimum atomic E-state index is 0.241. The smallest absolute Gasteiger partial charge is 0.0986 e. The van der Waals surface area contributed by atoms with Gasteiger partial charge in [0.2, 0.25) is 0 Å². The average molecular weight is 273 g/mol. The van der Waals surface area contributed by atoms with Crippen LogP contribution in [0.3, 0.4) is 0 Å². The molecule has 0 aromatic carbocycles. The fourth-order valence-corrected chi connectivity index (χ4v) is 4.19. The van der Waals surface area contributed by atoms with Crippen molar-refractivity contribution in [3.05, 3.63) is 0 Å². The topological polar surface area (TPSA) is 30.5 Å². The maximum Gasteiger partial charge on any atom is 0.0986 e. The van der Waals surface area contributed by atoms with Gasteiger partial charge in [0.25, 0.3) is 0 Å². The van der Waals surface area contributed by atoms with E-state index in [0.717, 1.165) is 19.6 Å². The van der Waals surface area contributed by atoms with Gasteiger partial charge in [-0.3, -0.25) is 0 Å². The first-order valence-electron chi connectivity index (χ1n) is 7.17. The monoisotopic (exact) mass is 273 g/mol. The quantitative estimate of drug-likeness (QED) is 0.772. The lowest BCUT2D eigenvalue weighted by Crippen LogP contribution is -2.61. The summed E-state index contributed by atoms with van der Waals surface area (Å²) in [5.74, 6) is 0.